The van der Waals surface area contributed by atoms with E-state index in [9.17, 15) is 13.2 Å². The fourth-order valence-electron chi connectivity index (χ4n) is 1.01. The van der Waals surface area contributed by atoms with E-state index in [0.29, 0.717) is 0 Å². The van der Waals surface area contributed by atoms with Gasteiger partial charge < -0.3 is 14.5 Å². The fraction of sp³-hybridized carbons (Fsp3) is 0.750. The van der Waals surface area contributed by atoms with Crippen LogP contribution in [0.1, 0.15) is 18.7 Å². The van der Waals surface area contributed by atoms with Crippen LogP contribution in [0.2, 0.25) is 0 Å². The SMILES string of the molecule is CC(c1nc(N(C)C)no1)C(O)C(F)(F)F. The van der Waals surface area contributed by atoms with Crippen LogP contribution in [0.15, 0.2) is 4.52 Å². The van der Waals surface area contributed by atoms with E-state index in [-0.39, 0.29) is 11.8 Å². The number of aliphatic hydroxyl groups is 1. The van der Waals surface area contributed by atoms with Gasteiger partial charge in [-0.15, -0.1) is 0 Å². The zero-order chi connectivity index (χ0) is 12.5. The summed E-state index contributed by atoms with van der Waals surface area (Å²) in [4.78, 5) is 5.22. The number of hydrogen-bond acceptors (Lipinski definition) is 5. The molecule has 92 valence electrons. The number of hydrogen-bond donors (Lipinski definition) is 1. The Kier molecular flexibility index (Phi) is 3.41. The van der Waals surface area contributed by atoms with Gasteiger partial charge in [0.1, 0.15) is 0 Å². The van der Waals surface area contributed by atoms with E-state index in [0.717, 1.165) is 0 Å². The van der Waals surface area contributed by atoms with E-state index < -0.39 is 18.2 Å². The molecule has 0 fully saturated rings. The Hall–Kier alpha value is -1.31. The molecule has 5 nitrogen and oxygen atoms in total. The Morgan fingerprint density at radius 1 is 1.38 bits per heavy atom. The first-order valence-corrected chi connectivity index (χ1v) is 4.49. The zero-order valence-electron chi connectivity index (χ0n) is 8.99. The van der Waals surface area contributed by atoms with Gasteiger partial charge in [0.15, 0.2) is 6.10 Å². The second-order valence-corrected chi connectivity index (χ2v) is 3.60. The fourth-order valence-corrected chi connectivity index (χ4v) is 1.01. The predicted molar refractivity (Wildman–Crippen MR) is 49.1 cm³/mol. The van der Waals surface area contributed by atoms with Crippen molar-refractivity contribution in [1.29, 1.82) is 0 Å². The second-order valence-electron chi connectivity index (χ2n) is 3.60. The third-order valence-electron chi connectivity index (χ3n) is 2.03. The van der Waals surface area contributed by atoms with Gasteiger partial charge in [-0.2, -0.15) is 18.2 Å². The van der Waals surface area contributed by atoms with Crippen LogP contribution in [0, 0.1) is 0 Å². The lowest BCUT2D eigenvalue weighted by atomic mass is 10.1. The van der Waals surface area contributed by atoms with Gasteiger partial charge in [-0.25, -0.2) is 0 Å². The summed E-state index contributed by atoms with van der Waals surface area (Å²) in [6.45, 7) is 1.17. The summed E-state index contributed by atoms with van der Waals surface area (Å²) in [6, 6.07) is 0. The summed E-state index contributed by atoms with van der Waals surface area (Å²) in [5.41, 5.74) is 0. The van der Waals surface area contributed by atoms with Crippen LogP contribution < -0.4 is 4.90 Å². The molecule has 0 amide bonds. The molecule has 1 rings (SSSR count). The lowest BCUT2D eigenvalue weighted by Crippen LogP contribution is -2.33. The van der Waals surface area contributed by atoms with Crippen LogP contribution >= 0.6 is 0 Å². The molecule has 1 N–H and O–H groups in total. The maximum atomic E-state index is 12.2. The Morgan fingerprint density at radius 2 is 1.94 bits per heavy atom. The molecule has 0 radical (unpaired) electrons. The predicted octanol–water partition coefficient (Wildman–Crippen LogP) is 1.16. The van der Waals surface area contributed by atoms with Gasteiger partial charge in [0, 0.05) is 14.1 Å². The van der Waals surface area contributed by atoms with E-state index in [2.05, 4.69) is 14.7 Å². The number of alkyl halides is 3. The van der Waals surface area contributed by atoms with Gasteiger partial charge in [0.05, 0.1) is 5.92 Å². The molecule has 0 aliphatic heterocycles. The molecular formula is C8H12F3N3O2. The minimum atomic E-state index is -4.70. The largest absolute Gasteiger partial charge is 0.415 e. The van der Waals surface area contributed by atoms with Crippen LogP contribution in [0.4, 0.5) is 19.1 Å². The molecule has 2 atom stereocenters. The van der Waals surface area contributed by atoms with Crippen molar-refractivity contribution >= 4 is 5.95 Å². The summed E-state index contributed by atoms with van der Waals surface area (Å²) < 4.78 is 41.2. The Labute approximate surface area is 89.9 Å². The number of halogens is 3. The van der Waals surface area contributed by atoms with Crippen molar-refractivity contribution in [3.8, 4) is 0 Å². The molecule has 0 aromatic carbocycles. The highest BCUT2D eigenvalue weighted by Crippen LogP contribution is 2.31. The standard InChI is InChI=1S/C8H12F3N3O2/c1-4(5(15)8(9,10)11)6-12-7(13-16-6)14(2)3/h4-5,15H,1-3H3. The van der Waals surface area contributed by atoms with Crippen molar-refractivity contribution in [2.75, 3.05) is 19.0 Å². The molecule has 1 aromatic rings. The number of aromatic nitrogens is 2. The van der Waals surface area contributed by atoms with Crippen LogP contribution in [-0.4, -0.2) is 41.6 Å². The number of rotatable bonds is 3. The molecule has 16 heavy (non-hydrogen) atoms. The topological polar surface area (TPSA) is 62.4 Å². The van der Waals surface area contributed by atoms with Crippen LogP contribution in [-0.2, 0) is 0 Å². The number of aliphatic hydroxyl groups excluding tert-OH is 1. The number of anilines is 1. The van der Waals surface area contributed by atoms with Crippen molar-refractivity contribution in [1.82, 2.24) is 10.1 Å². The normalized spacial score (nSPS) is 15.9. The van der Waals surface area contributed by atoms with Crippen molar-refractivity contribution < 1.29 is 22.8 Å². The molecule has 0 saturated carbocycles. The average Bonchev–Trinajstić information content (AvgIpc) is 2.62. The zero-order valence-corrected chi connectivity index (χ0v) is 8.99. The van der Waals surface area contributed by atoms with Crippen LogP contribution in [0.5, 0.6) is 0 Å². The molecular weight excluding hydrogens is 227 g/mol. The van der Waals surface area contributed by atoms with Crippen molar-refractivity contribution in [3.63, 3.8) is 0 Å². The summed E-state index contributed by atoms with van der Waals surface area (Å²) in [6.07, 6.45) is -7.21. The Balaban J connectivity index is 2.84. The lowest BCUT2D eigenvalue weighted by molar-refractivity contribution is -0.210. The third-order valence-corrected chi connectivity index (χ3v) is 2.03. The smallest absolute Gasteiger partial charge is 0.383 e. The van der Waals surface area contributed by atoms with Gasteiger partial charge in [-0.1, -0.05) is 6.92 Å². The highest BCUT2D eigenvalue weighted by molar-refractivity contribution is 5.24. The second kappa shape index (κ2) is 4.28. The quantitative estimate of drug-likeness (QED) is 0.857. The van der Waals surface area contributed by atoms with Gasteiger partial charge in [-0.3, -0.25) is 0 Å². The van der Waals surface area contributed by atoms with Gasteiger partial charge in [-0.05, 0) is 5.16 Å². The van der Waals surface area contributed by atoms with E-state index in [1.165, 1.54) is 11.8 Å². The third kappa shape index (κ3) is 2.63. The van der Waals surface area contributed by atoms with Crippen molar-refractivity contribution in [2.45, 2.75) is 25.1 Å². The Bertz CT molecular complexity index is 351. The molecule has 0 aliphatic carbocycles. The minimum absolute atomic E-state index is 0.163. The van der Waals surface area contributed by atoms with Gasteiger partial charge in [0.2, 0.25) is 5.89 Å². The maximum absolute atomic E-state index is 12.2. The lowest BCUT2D eigenvalue weighted by Gasteiger charge is -2.18. The summed E-state index contributed by atoms with van der Waals surface area (Å²) in [7, 11) is 3.25. The number of nitrogens with zero attached hydrogens (tertiary/aromatic N) is 3. The molecule has 0 bridgehead atoms. The van der Waals surface area contributed by atoms with Crippen LogP contribution in [0.3, 0.4) is 0 Å². The molecule has 2 unspecified atom stereocenters. The first-order valence-electron chi connectivity index (χ1n) is 4.49. The van der Waals surface area contributed by atoms with E-state index >= 15 is 0 Å². The summed E-state index contributed by atoms with van der Waals surface area (Å²) in [5, 5.41) is 12.5. The molecule has 0 aliphatic rings. The minimum Gasteiger partial charge on any atom is -0.383 e. The monoisotopic (exact) mass is 239 g/mol. The first-order chi connectivity index (χ1) is 7.23. The summed E-state index contributed by atoms with van der Waals surface area (Å²) in [5.74, 6) is -1.37. The summed E-state index contributed by atoms with van der Waals surface area (Å²) >= 11 is 0. The van der Waals surface area contributed by atoms with Gasteiger partial charge in [0.25, 0.3) is 5.95 Å². The van der Waals surface area contributed by atoms with Crippen molar-refractivity contribution in [2.24, 2.45) is 0 Å². The maximum Gasteiger partial charge on any atom is 0.415 e. The highest BCUT2D eigenvalue weighted by Gasteiger charge is 2.44. The van der Waals surface area contributed by atoms with E-state index in [4.69, 9.17) is 5.11 Å². The van der Waals surface area contributed by atoms with E-state index in [1.807, 2.05) is 0 Å². The average molecular weight is 239 g/mol. The molecule has 8 heteroatoms. The van der Waals surface area contributed by atoms with Gasteiger partial charge >= 0.3 is 6.18 Å². The Morgan fingerprint density at radius 3 is 2.31 bits per heavy atom. The van der Waals surface area contributed by atoms with Crippen LogP contribution in [0.25, 0.3) is 0 Å². The first kappa shape index (κ1) is 12.8. The molecule has 1 heterocycles. The molecule has 0 spiro atoms. The van der Waals surface area contributed by atoms with E-state index in [1.54, 1.807) is 14.1 Å². The van der Waals surface area contributed by atoms with Crippen molar-refractivity contribution in [3.05, 3.63) is 5.89 Å². The highest BCUT2D eigenvalue weighted by atomic mass is 19.4. The molecule has 1 aromatic heterocycles. The molecule has 0 saturated heterocycles.